The zero-order valence-corrected chi connectivity index (χ0v) is 20.9. The second kappa shape index (κ2) is 10.5. The van der Waals surface area contributed by atoms with E-state index in [9.17, 15) is 9.59 Å². The van der Waals surface area contributed by atoms with Gasteiger partial charge >= 0.3 is 6.03 Å². The smallest absolute Gasteiger partial charge is 0.324 e. The van der Waals surface area contributed by atoms with Crippen LogP contribution in [0.15, 0.2) is 54.6 Å². The average molecular weight is 496 g/mol. The summed E-state index contributed by atoms with van der Waals surface area (Å²) < 4.78 is 7.04. The number of carbonyl (C=O) groups is 2. The van der Waals surface area contributed by atoms with E-state index in [4.69, 9.17) is 21.4 Å². The van der Waals surface area contributed by atoms with Gasteiger partial charge in [0.2, 0.25) is 5.91 Å². The van der Waals surface area contributed by atoms with E-state index in [-0.39, 0.29) is 11.3 Å². The van der Waals surface area contributed by atoms with Crippen molar-refractivity contribution in [2.75, 3.05) is 36.9 Å². The number of hydrogen-bond acceptors (Lipinski definition) is 4. The van der Waals surface area contributed by atoms with Crippen molar-refractivity contribution in [1.82, 2.24) is 14.7 Å². The van der Waals surface area contributed by atoms with Crippen molar-refractivity contribution in [3.63, 3.8) is 0 Å². The van der Waals surface area contributed by atoms with Crippen molar-refractivity contribution in [3.8, 4) is 5.69 Å². The quantitative estimate of drug-likeness (QED) is 0.528. The molecule has 1 aliphatic rings. The predicted octanol–water partition coefficient (Wildman–Crippen LogP) is 4.87. The Labute approximate surface area is 210 Å². The number of benzene rings is 2. The van der Waals surface area contributed by atoms with Crippen LogP contribution in [0.3, 0.4) is 0 Å². The first-order valence-electron chi connectivity index (χ1n) is 11.6. The SMILES string of the molecule is CC(C)(C)c1cc(NC(=O)Nc2ccc(Cl)cc2)n(-c2cccc(CC(=O)N3CCOCC3)c2)n1. The van der Waals surface area contributed by atoms with Crippen molar-refractivity contribution >= 4 is 35.0 Å². The van der Waals surface area contributed by atoms with Crippen LogP contribution in [0, 0.1) is 0 Å². The van der Waals surface area contributed by atoms with Crippen molar-refractivity contribution in [1.29, 1.82) is 0 Å². The van der Waals surface area contributed by atoms with Gasteiger partial charge in [-0.1, -0.05) is 44.5 Å². The van der Waals surface area contributed by atoms with Crippen LogP contribution in [-0.4, -0.2) is 52.9 Å². The number of nitrogens with zero attached hydrogens (tertiary/aromatic N) is 3. The lowest BCUT2D eigenvalue weighted by atomic mass is 9.92. The number of halogens is 1. The van der Waals surface area contributed by atoms with Gasteiger partial charge in [-0.2, -0.15) is 5.10 Å². The van der Waals surface area contributed by atoms with Gasteiger partial charge in [0.05, 0.1) is 31.0 Å². The van der Waals surface area contributed by atoms with Crippen LogP contribution >= 0.6 is 11.6 Å². The lowest BCUT2D eigenvalue weighted by Gasteiger charge is -2.27. The van der Waals surface area contributed by atoms with Gasteiger partial charge in [-0.3, -0.25) is 10.1 Å². The molecule has 1 saturated heterocycles. The molecule has 0 unspecified atom stereocenters. The summed E-state index contributed by atoms with van der Waals surface area (Å²) in [6.45, 7) is 8.56. The highest BCUT2D eigenvalue weighted by molar-refractivity contribution is 6.30. The minimum Gasteiger partial charge on any atom is -0.378 e. The summed E-state index contributed by atoms with van der Waals surface area (Å²) in [5.41, 5.74) is 2.86. The molecule has 2 N–H and O–H groups in total. The number of amides is 3. The number of rotatable bonds is 5. The fourth-order valence-electron chi connectivity index (χ4n) is 3.74. The second-order valence-corrected chi connectivity index (χ2v) is 9.94. The van der Waals surface area contributed by atoms with Gasteiger partial charge in [0.1, 0.15) is 5.82 Å². The molecule has 0 atom stereocenters. The van der Waals surface area contributed by atoms with Crippen LogP contribution in [0.2, 0.25) is 5.02 Å². The third-order valence-corrected chi connectivity index (χ3v) is 5.95. The maximum Gasteiger partial charge on any atom is 0.324 e. The number of ether oxygens (including phenoxy) is 1. The Kier molecular flexibility index (Phi) is 7.42. The highest BCUT2D eigenvalue weighted by Gasteiger charge is 2.22. The molecule has 1 fully saturated rings. The number of aromatic nitrogens is 2. The standard InChI is InChI=1S/C26H30ClN5O3/c1-26(2,3)22-17-23(29-25(34)28-20-9-7-19(27)8-10-20)32(30-22)21-6-4-5-18(15-21)16-24(33)31-11-13-35-14-12-31/h4-10,15,17H,11-14,16H2,1-3H3,(H2,28,29,34). The summed E-state index contributed by atoms with van der Waals surface area (Å²) in [6.07, 6.45) is 0.293. The molecular formula is C26H30ClN5O3. The molecule has 2 aromatic carbocycles. The van der Waals surface area contributed by atoms with E-state index >= 15 is 0 Å². The van der Waals surface area contributed by atoms with E-state index in [1.807, 2.05) is 35.2 Å². The van der Waals surface area contributed by atoms with Crippen LogP contribution in [0.5, 0.6) is 0 Å². The van der Waals surface area contributed by atoms with Gasteiger partial charge in [0.25, 0.3) is 0 Å². The van der Waals surface area contributed by atoms with E-state index in [0.717, 1.165) is 16.9 Å². The molecule has 0 bridgehead atoms. The number of urea groups is 1. The summed E-state index contributed by atoms with van der Waals surface area (Å²) in [6, 6.07) is 16.0. The van der Waals surface area contributed by atoms with Gasteiger partial charge in [-0.05, 0) is 42.0 Å². The normalized spacial score (nSPS) is 14.0. The molecule has 0 spiro atoms. The molecule has 184 valence electrons. The summed E-state index contributed by atoms with van der Waals surface area (Å²) in [5.74, 6) is 0.597. The first-order valence-corrected chi connectivity index (χ1v) is 12.0. The van der Waals surface area contributed by atoms with Crippen molar-refractivity contribution in [2.24, 2.45) is 0 Å². The number of hydrogen-bond donors (Lipinski definition) is 2. The monoisotopic (exact) mass is 495 g/mol. The Hall–Kier alpha value is -3.36. The summed E-state index contributed by atoms with van der Waals surface area (Å²) >= 11 is 5.93. The topological polar surface area (TPSA) is 88.5 Å². The van der Waals surface area contributed by atoms with Crippen LogP contribution in [-0.2, 0) is 21.4 Å². The van der Waals surface area contributed by atoms with E-state index in [1.54, 1.807) is 28.9 Å². The van der Waals surface area contributed by atoms with Crippen molar-refractivity contribution in [3.05, 3.63) is 70.9 Å². The molecule has 2 heterocycles. The largest absolute Gasteiger partial charge is 0.378 e. The lowest BCUT2D eigenvalue weighted by molar-refractivity contribution is -0.134. The zero-order valence-electron chi connectivity index (χ0n) is 20.2. The molecule has 1 aromatic heterocycles. The Morgan fingerprint density at radius 2 is 1.74 bits per heavy atom. The van der Waals surface area contributed by atoms with E-state index < -0.39 is 6.03 Å². The highest BCUT2D eigenvalue weighted by atomic mass is 35.5. The van der Waals surface area contributed by atoms with Crippen molar-refractivity contribution < 1.29 is 14.3 Å². The third-order valence-electron chi connectivity index (χ3n) is 5.70. The summed E-state index contributed by atoms with van der Waals surface area (Å²) in [7, 11) is 0. The minimum atomic E-state index is -0.396. The molecule has 4 rings (SSSR count). The fourth-order valence-corrected chi connectivity index (χ4v) is 3.87. The maximum atomic E-state index is 12.7. The van der Waals surface area contributed by atoms with E-state index in [1.165, 1.54) is 0 Å². The van der Waals surface area contributed by atoms with E-state index in [2.05, 4.69) is 31.4 Å². The predicted molar refractivity (Wildman–Crippen MR) is 137 cm³/mol. The first-order chi connectivity index (χ1) is 16.7. The molecule has 0 saturated carbocycles. The van der Waals surface area contributed by atoms with Gasteiger partial charge in [0, 0.05) is 35.3 Å². The maximum absolute atomic E-state index is 12.7. The Morgan fingerprint density at radius 1 is 1.03 bits per heavy atom. The fraction of sp³-hybridized carbons (Fsp3) is 0.346. The molecule has 1 aliphatic heterocycles. The minimum absolute atomic E-state index is 0.0713. The van der Waals surface area contributed by atoms with Crippen LogP contribution in [0.1, 0.15) is 32.0 Å². The number of carbonyl (C=O) groups excluding carboxylic acids is 2. The molecular weight excluding hydrogens is 466 g/mol. The Bertz CT molecular complexity index is 1190. The molecule has 3 aromatic rings. The molecule has 0 aliphatic carbocycles. The highest BCUT2D eigenvalue weighted by Crippen LogP contribution is 2.27. The zero-order chi connectivity index (χ0) is 25.0. The molecule has 0 radical (unpaired) electrons. The van der Waals surface area contributed by atoms with Gasteiger partial charge in [0.15, 0.2) is 0 Å². The Balaban J connectivity index is 1.56. The van der Waals surface area contributed by atoms with Crippen LogP contribution < -0.4 is 10.6 Å². The van der Waals surface area contributed by atoms with Crippen molar-refractivity contribution in [2.45, 2.75) is 32.6 Å². The van der Waals surface area contributed by atoms with Gasteiger partial charge in [-0.25, -0.2) is 9.48 Å². The molecule has 8 nitrogen and oxygen atoms in total. The van der Waals surface area contributed by atoms with Crippen LogP contribution in [0.25, 0.3) is 5.69 Å². The third kappa shape index (κ3) is 6.41. The number of anilines is 2. The molecule has 35 heavy (non-hydrogen) atoms. The summed E-state index contributed by atoms with van der Waals surface area (Å²) in [5, 5.41) is 11.1. The van der Waals surface area contributed by atoms with E-state index in [0.29, 0.717) is 49.3 Å². The second-order valence-electron chi connectivity index (χ2n) is 9.50. The number of nitrogens with one attached hydrogen (secondary N) is 2. The molecule has 3 amide bonds. The number of morpholine rings is 1. The lowest BCUT2D eigenvalue weighted by Crippen LogP contribution is -2.41. The first kappa shape index (κ1) is 24.8. The van der Waals surface area contributed by atoms with Gasteiger partial charge in [-0.15, -0.1) is 0 Å². The average Bonchev–Trinajstić information content (AvgIpc) is 3.25. The van der Waals surface area contributed by atoms with Crippen LogP contribution in [0.4, 0.5) is 16.3 Å². The van der Waals surface area contributed by atoms with Gasteiger partial charge < -0.3 is 15.0 Å². The summed E-state index contributed by atoms with van der Waals surface area (Å²) in [4.78, 5) is 27.3. The Morgan fingerprint density at radius 3 is 2.43 bits per heavy atom. The molecule has 9 heteroatoms.